The molecule has 0 aromatic heterocycles. The highest BCUT2D eigenvalue weighted by atomic mass is 79.9. The van der Waals surface area contributed by atoms with Crippen LogP contribution in [0.15, 0.2) is 16.6 Å². The molecule has 0 aliphatic heterocycles. The molecule has 0 aliphatic rings. The minimum absolute atomic E-state index is 0.405. The second-order valence-corrected chi connectivity index (χ2v) is 7.72. The van der Waals surface area contributed by atoms with Crippen LogP contribution < -0.4 is 9.44 Å². The smallest absolute Gasteiger partial charge is 0.270 e. The Balaban J connectivity index is 3.02. The first-order valence-corrected chi connectivity index (χ1v) is 7.93. The van der Waals surface area contributed by atoms with E-state index in [9.17, 15) is 8.42 Å². The van der Waals surface area contributed by atoms with Gasteiger partial charge in [-0.1, -0.05) is 11.6 Å². The minimum Gasteiger partial charge on any atom is -0.270 e. The van der Waals surface area contributed by atoms with Crippen LogP contribution in [0.5, 0.6) is 0 Å². The molecule has 0 atom stereocenters. The number of aryl methyl sites for hydroxylation is 1. The summed E-state index contributed by atoms with van der Waals surface area (Å²) in [5.41, 5.74) is 0.727. The molecule has 4 nitrogen and oxygen atoms in total. The Bertz CT molecular complexity index is 553. The van der Waals surface area contributed by atoms with E-state index in [1.165, 1.54) is 0 Å². The fourth-order valence-corrected chi connectivity index (χ4v) is 3.47. The standard InChI is InChI=1S/C11H16BrClN2O2S/c1-7-5-8(12)10(6-9(7)13)14-18(16,17)15-11(2,3)4/h5-6,14-15H,1-4H3. The molecule has 102 valence electrons. The Morgan fingerprint density at radius 3 is 2.33 bits per heavy atom. The second-order valence-electron chi connectivity index (χ2n) is 5.04. The molecule has 7 heteroatoms. The van der Waals surface area contributed by atoms with E-state index in [-0.39, 0.29) is 0 Å². The molecular weight excluding hydrogens is 340 g/mol. The SMILES string of the molecule is Cc1cc(Br)c(NS(=O)(=O)NC(C)(C)C)cc1Cl. The molecule has 0 aliphatic carbocycles. The van der Waals surface area contributed by atoms with Crippen LogP contribution in [0.1, 0.15) is 26.3 Å². The van der Waals surface area contributed by atoms with Crippen molar-refractivity contribution in [2.24, 2.45) is 0 Å². The summed E-state index contributed by atoms with van der Waals surface area (Å²) in [5.74, 6) is 0. The van der Waals surface area contributed by atoms with Crippen molar-refractivity contribution in [3.05, 3.63) is 27.2 Å². The van der Waals surface area contributed by atoms with Crippen molar-refractivity contribution in [1.29, 1.82) is 0 Å². The van der Waals surface area contributed by atoms with Gasteiger partial charge in [0.2, 0.25) is 0 Å². The largest absolute Gasteiger partial charge is 0.299 e. The fourth-order valence-electron chi connectivity index (χ4n) is 1.30. The van der Waals surface area contributed by atoms with Gasteiger partial charge < -0.3 is 0 Å². The summed E-state index contributed by atoms with van der Waals surface area (Å²) in [6.07, 6.45) is 0. The zero-order valence-electron chi connectivity index (χ0n) is 10.6. The Morgan fingerprint density at radius 1 is 1.28 bits per heavy atom. The highest BCUT2D eigenvalue weighted by Crippen LogP contribution is 2.29. The molecule has 0 saturated carbocycles. The third-order valence-corrected chi connectivity index (χ3v) is 4.37. The van der Waals surface area contributed by atoms with E-state index < -0.39 is 15.7 Å². The van der Waals surface area contributed by atoms with Gasteiger partial charge in [0.25, 0.3) is 10.2 Å². The van der Waals surface area contributed by atoms with E-state index in [1.807, 2.05) is 6.92 Å². The molecule has 0 amide bonds. The quantitative estimate of drug-likeness (QED) is 0.872. The number of nitrogens with one attached hydrogen (secondary N) is 2. The molecular formula is C11H16BrClN2O2S. The van der Waals surface area contributed by atoms with Crippen LogP contribution in [0.3, 0.4) is 0 Å². The van der Waals surface area contributed by atoms with E-state index in [0.717, 1.165) is 5.56 Å². The van der Waals surface area contributed by atoms with E-state index in [0.29, 0.717) is 15.2 Å². The van der Waals surface area contributed by atoms with Gasteiger partial charge in [0.15, 0.2) is 0 Å². The first-order valence-electron chi connectivity index (χ1n) is 5.27. The average Bonchev–Trinajstić information content (AvgIpc) is 2.09. The van der Waals surface area contributed by atoms with Crippen LogP contribution in [-0.4, -0.2) is 14.0 Å². The second kappa shape index (κ2) is 5.36. The van der Waals surface area contributed by atoms with Crippen molar-refractivity contribution in [2.75, 3.05) is 4.72 Å². The Labute approximate surface area is 121 Å². The Morgan fingerprint density at radius 2 is 1.83 bits per heavy atom. The van der Waals surface area contributed by atoms with Gasteiger partial charge in [0.05, 0.1) is 5.69 Å². The summed E-state index contributed by atoms with van der Waals surface area (Å²) in [6.45, 7) is 7.15. The molecule has 0 fully saturated rings. The summed E-state index contributed by atoms with van der Waals surface area (Å²) >= 11 is 9.27. The van der Waals surface area contributed by atoms with E-state index in [2.05, 4.69) is 25.4 Å². The van der Waals surface area contributed by atoms with Crippen LogP contribution in [0, 0.1) is 6.92 Å². The van der Waals surface area contributed by atoms with Gasteiger partial charge in [0.1, 0.15) is 0 Å². The first kappa shape index (κ1) is 15.8. The van der Waals surface area contributed by atoms with Crippen molar-refractivity contribution >= 4 is 43.4 Å². The van der Waals surface area contributed by atoms with E-state index in [4.69, 9.17) is 11.6 Å². The summed E-state index contributed by atoms with van der Waals surface area (Å²) < 4.78 is 29.3. The summed E-state index contributed by atoms with van der Waals surface area (Å²) in [4.78, 5) is 0. The maximum Gasteiger partial charge on any atom is 0.299 e. The molecule has 0 bridgehead atoms. The lowest BCUT2D eigenvalue weighted by Crippen LogP contribution is -2.43. The molecule has 0 radical (unpaired) electrons. The number of benzene rings is 1. The third kappa shape index (κ3) is 4.76. The maximum absolute atomic E-state index is 11.9. The van der Waals surface area contributed by atoms with Crippen molar-refractivity contribution in [3.8, 4) is 0 Å². The number of rotatable bonds is 3. The van der Waals surface area contributed by atoms with Crippen molar-refractivity contribution in [1.82, 2.24) is 4.72 Å². The fraction of sp³-hybridized carbons (Fsp3) is 0.455. The Kier molecular flexibility index (Phi) is 4.70. The minimum atomic E-state index is -3.63. The van der Waals surface area contributed by atoms with Crippen LogP contribution in [0.2, 0.25) is 5.02 Å². The van der Waals surface area contributed by atoms with Crippen molar-refractivity contribution < 1.29 is 8.42 Å². The predicted molar refractivity (Wildman–Crippen MR) is 79.3 cm³/mol. The zero-order valence-corrected chi connectivity index (χ0v) is 13.8. The van der Waals surface area contributed by atoms with Crippen LogP contribution in [-0.2, 0) is 10.2 Å². The first-order chi connectivity index (χ1) is 8.00. The molecule has 1 aromatic rings. The third-order valence-electron chi connectivity index (χ3n) is 1.93. The molecule has 2 N–H and O–H groups in total. The summed E-state index contributed by atoms with van der Waals surface area (Å²) in [7, 11) is -3.63. The van der Waals surface area contributed by atoms with Gasteiger partial charge in [-0.15, -0.1) is 0 Å². The Hall–Kier alpha value is -0.300. The predicted octanol–water partition coefficient (Wildman–Crippen LogP) is 3.46. The van der Waals surface area contributed by atoms with Crippen molar-refractivity contribution in [3.63, 3.8) is 0 Å². The van der Waals surface area contributed by atoms with Crippen LogP contribution in [0.4, 0.5) is 5.69 Å². The van der Waals surface area contributed by atoms with Gasteiger partial charge in [0, 0.05) is 15.0 Å². The van der Waals surface area contributed by atoms with Crippen molar-refractivity contribution in [2.45, 2.75) is 33.2 Å². The monoisotopic (exact) mass is 354 g/mol. The lowest BCUT2D eigenvalue weighted by molar-refractivity contribution is 0.494. The van der Waals surface area contributed by atoms with Gasteiger partial charge in [-0.25, -0.2) is 0 Å². The topological polar surface area (TPSA) is 58.2 Å². The summed E-state index contributed by atoms with van der Waals surface area (Å²) in [5, 5.41) is 0.506. The maximum atomic E-state index is 11.9. The lowest BCUT2D eigenvalue weighted by atomic mass is 10.1. The normalized spacial score (nSPS) is 12.6. The number of halogens is 2. The number of hydrogen-bond donors (Lipinski definition) is 2. The molecule has 0 heterocycles. The highest BCUT2D eigenvalue weighted by molar-refractivity contribution is 9.10. The highest BCUT2D eigenvalue weighted by Gasteiger charge is 2.20. The van der Waals surface area contributed by atoms with Gasteiger partial charge in [-0.3, -0.25) is 4.72 Å². The van der Waals surface area contributed by atoms with Crippen LogP contribution >= 0.6 is 27.5 Å². The molecule has 1 rings (SSSR count). The molecule has 18 heavy (non-hydrogen) atoms. The summed E-state index contributed by atoms with van der Waals surface area (Å²) in [6, 6.07) is 3.33. The molecule has 1 aromatic carbocycles. The number of anilines is 1. The zero-order chi connectivity index (χ0) is 14.1. The average molecular weight is 356 g/mol. The van der Waals surface area contributed by atoms with Gasteiger partial charge >= 0.3 is 0 Å². The lowest BCUT2D eigenvalue weighted by Gasteiger charge is -2.21. The van der Waals surface area contributed by atoms with Gasteiger partial charge in [-0.05, 0) is 61.3 Å². The van der Waals surface area contributed by atoms with Crippen LogP contribution in [0.25, 0.3) is 0 Å². The van der Waals surface area contributed by atoms with E-state index in [1.54, 1.807) is 32.9 Å². The molecule has 0 saturated heterocycles. The molecule has 0 spiro atoms. The van der Waals surface area contributed by atoms with E-state index >= 15 is 0 Å². The molecule has 0 unspecified atom stereocenters. The van der Waals surface area contributed by atoms with Gasteiger partial charge in [-0.2, -0.15) is 13.1 Å². The number of hydrogen-bond acceptors (Lipinski definition) is 2.